The Hall–Kier alpha value is -1.98. The van der Waals surface area contributed by atoms with E-state index >= 15 is 0 Å². The first-order valence-electron chi connectivity index (χ1n) is 6.26. The van der Waals surface area contributed by atoms with Gasteiger partial charge in [0.25, 0.3) is 5.69 Å². The fourth-order valence-corrected chi connectivity index (χ4v) is 1.59. The van der Waals surface area contributed by atoms with E-state index in [2.05, 4.69) is 6.58 Å². The fraction of sp³-hybridized carbons (Fsp3) is 0.333. The molecule has 0 aliphatic rings. The average molecular weight is 277 g/mol. The van der Waals surface area contributed by atoms with Gasteiger partial charge in [0.1, 0.15) is 0 Å². The van der Waals surface area contributed by atoms with Gasteiger partial charge >= 0.3 is 0 Å². The summed E-state index contributed by atoms with van der Waals surface area (Å²) in [6.07, 6.45) is 3.26. The molecule has 2 atom stereocenters. The second-order valence-corrected chi connectivity index (χ2v) is 4.46. The van der Waals surface area contributed by atoms with Gasteiger partial charge in [-0.05, 0) is 36.6 Å². The molecule has 1 N–H and O–H groups in total. The van der Waals surface area contributed by atoms with E-state index in [1.165, 1.54) is 12.1 Å². The molecule has 2 unspecified atom stereocenters. The Balaban J connectivity index is 2.58. The van der Waals surface area contributed by atoms with Crippen LogP contribution in [0.15, 0.2) is 48.6 Å². The molecule has 0 saturated heterocycles. The molecule has 0 amide bonds. The summed E-state index contributed by atoms with van der Waals surface area (Å²) in [5, 5.41) is 20.5. The molecule has 0 aromatic heterocycles. The van der Waals surface area contributed by atoms with Gasteiger partial charge in [-0.3, -0.25) is 10.1 Å². The minimum Gasteiger partial charge on any atom is -0.388 e. The van der Waals surface area contributed by atoms with Crippen molar-refractivity contribution >= 4 is 5.69 Å². The molecule has 0 radical (unpaired) electrons. The van der Waals surface area contributed by atoms with Crippen molar-refractivity contribution in [1.29, 1.82) is 0 Å². The molecule has 0 saturated carbocycles. The van der Waals surface area contributed by atoms with Gasteiger partial charge in [-0.15, -0.1) is 0 Å². The highest BCUT2D eigenvalue weighted by Crippen LogP contribution is 2.20. The SMILES string of the molecule is C=C(/C=C/CC(O)c1ccc([N+](=O)[O-])cc1)C(C)OC. The Morgan fingerprint density at radius 2 is 2.10 bits per heavy atom. The van der Waals surface area contributed by atoms with Gasteiger partial charge in [0.05, 0.1) is 17.1 Å². The fourth-order valence-electron chi connectivity index (χ4n) is 1.59. The molecular weight excluding hydrogens is 258 g/mol. The van der Waals surface area contributed by atoms with E-state index in [1.807, 2.05) is 19.1 Å². The molecule has 1 aromatic rings. The zero-order valence-corrected chi connectivity index (χ0v) is 11.7. The van der Waals surface area contributed by atoms with E-state index in [-0.39, 0.29) is 11.8 Å². The summed E-state index contributed by atoms with van der Waals surface area (Å²) < 4.78 is 5.11. The highest BCUT2D eigenvalue weighted by Gasteiger charge is 2.09. The summed E-state index contributed by atoms with van der Waals surface area (Å²) in [4.78, 5) is 10.1. The summed E-state index contributed by atoms with van der Waals surface area (Å²) in [7, 11) is 1.61. The molecular formula is C15H19NO4. The number of ether oxygens (including phenoxy) is 1. The lowest BCUT2D eigenvalue weighted by Crippen LogP contribution is -2.05. The highest BCUT2D eigenvalue weighted by atomic mass is 16.6. The number of rotatable bonds is 7. The van der Waals surface area contributed by atoms with Crippen molar-refractivity contribution in [3.05, 3.63) is 64.2 Å². The van der Waals surface area contributed by atoms with E-state index < -0.39 is 11.0 Å². The molecule has 0 spiro atoms. The monoisotopic (exact) mass is 277 g/mol. The lowest BCUT2D eigenvalue weighted by atomic mass is 10.0. The summed E-state index contributed by atoms with van der Waals surface area (Å²) in [5.41, 5.74) is 1.48. The molecule has 0 aliphatic heterocycles. The van der Waals surface area contributed by atoms with Crippen LogP contribution in [0.25, 0.3) is 0 Å². The van der Waals surface area contributed by atoms with E-state index in [1.54, 1.807) is 19.2 Å². The second-order valence-electron chi connectivity index (χ2n) is 4.46. The minimum absolute atomic E-state index is 0.0128. The van der Waals surface area contributed by atoms with Crippen molar-refractivity contribution in [2.24, 2.45) is 0 Å². The molecule has 0 bridgehead atoms. The number of non-ortho nitro benzene ring substituents is 1. The maximum atomic E-state index is 10.5. The summed E-state index contributed by atoms with van der Waals surface area (Å²) >= 11 is 0. The number of aliphatic hydroxyl groups is 1. The Kier molecular flexibility index (Phi) is 6.09. The molecule has 5 heteroatoms. The van der Waals surface area contributed by atoms with Crippen molar-refractivity contribution in [3.8, 4) is 0 Å². The second kappa shape index (κ2) is 7.57. The van der Waals surface area contributed by atoms with Crippen LogP contribution in [0.3, 0.4) is 0 Å². The molecule has 1 rings (SSSR count). The number of nitro benzene ring substituents is 1. The van der Waals surface area contributed by atoms with E-state index in [0.29, 0.717) is 12.0 Å². The summed E-state index contributed by atoms with van der Waals surface area (Å²) in [5.74, 6) is 0. The standard InChI is InChI=1S/C15H19NO4/c1-11(12(2)20-3)5-4-6-15(17)13-7-9-14(10-8-13)16(18)19/h4-5,7-10,12,15,17H,1,6H2,2-3H3/b5-4+. The molecule has 108 valence electrons. The number of hydrogen-bond acceptors (Lipinski definition) is 4. The van der Waals surface area contributed by atoms with Crippen molar-refractivity contribution in [2.45, 2.75) is 25.6 Å². The molecule has 0 fully saturated rings. The quantitative estimate of drug-likeness (QED) is 0.472. The van der Waals surface area contributed by atoms with Gasteiger partial charge in [-0.2, -0.15) is 0 Å². The van der Waals surface area contributed by atoms with E-state index in [0.717, 1.165) is 5.57 Å². The number of nitrogens with zero attached hydrogens (tertiary/aromatic N) is 1. The predicted octanol–water partition coefficient (Wildman–Crippen LogP) is 3.17. The first kappa shape index (κ1) is 16.1. The Bertz CT molecular complexity index is 493. The van der Waals surface area contributed by atoms with Crippen molar-refractivity contribution in [3.63, 3.8) is 0 Å². The number of aliphatic hydroxyl groups excluding tert-OH is 1. The number of benzene rings is 1. The first-order valence-corrected chi connectivity index (χ1v) is 6.26. The maximum Gasteiger partial charge on any atom is 0.269 e. The van der Waals surface area contributed by atoms with Crippen molar-refractivity contribution in [1.82, 2.24) is 0 Å². The van der Waals surface area contributed by atoms with Crippen LogP contribution < -0.4 is 0 Å². The van der Waals surface area contributed by atoms with Gasteiger partial charge < -0.3 is 9.84 Å². The Morgan fingerprint density at radius 1 is 1.50 bits per heavy atom. The van der Waals surface area contributed by atoms with Gasteiger partial charge in [0.2, 0.25) is 0 Å². The number of nitro groups is 1. The predicted molar refractivity (Wildman–Crippen MR) is 77.4 cm³/mol. The zero-order valence-electron chi connectivity index (χ0n) is 11.7. The summed E-state index contributed by atoms with van der Waals surface area (Å²) in [6.45, 7) is 5.75. The smallest absolute Gasteiger partial charge is 0.269 e. The summed E-state index contributed by atoms with van der Waals surface area (Å²) in [6, 6.07) is 5.88. The molecule has 5 nitrogen and oxygen atoms in total. The van der Waals surface area contributed by atoms with Crippen LogP contribution in [0.4, 0.5) is 5.69 Å². The maximum absolute atomic E-state index is 10.5. The minimum atomic E-state index is -0.697. The number of methoxy groups -OCH3 is 1. The first-order chi connectivity index (χ1) is 9.45. The van der Waals surface area contributed by atoms with Crippen LogP contribution in [0.5, 0.6) is 0 Å². The van der Waals surface area contributed by atoms with Crippen LogP contribution in [0, 0.1) is 10.1 Å². The molecule has 1 aromatic carbocycles. The highest BCUT2D eigenvalue weighted by molar-refractivity contribution is 5.34. The largest absolute Gasteiger partial charge is 0.388 e. The van der Waals surface area contributed by atoms with Gasteiger partial charge in [0, 0.05) is 19.2 Å². The van der Waals surface area contributed by atoms with Crippen LogP contribution in [0.1, 0.15) is 25.0 Å². The Labute approximate surface area is 118 Å². The molecule has 0 aliphatic carbocycles. The van der Waals surface area contributed by atoms with Crippen LogP contribution in [0.2, 0.25) is 0 Å². The third-order valence-electron chi connectivity index (χ3n) is 3.06. The van der Waals surface area contributed by atoms with Crippen LogP contribution >= 0.6 is 0 Å². The average Bonchev–Trinajstić information content (AvgIpc) is 2.46. The zero-order chi connectivity index (χ0) is 15.1. The van der Waals surface area contributed by atoms with E-state index in [9.17, 15) is 15.2 Å². The van der Waals surface area contributed by atoms with Gasteiger partial charge in [-0.25, -0.2) is 0 Å². The lowest BCUT2D eigenvalue weighted by molar-refractivity contribution is -0.384. The third kappa shape index (κ3) is 4.60. The van der Waals surface area contributed by atoms with Gasteiger partial charge in [-0.1, -0.05) is 18.7 Å². The lowest BCUT2D eigenvalue weighted by Gasteiger charge is -2.10. The van der Waals surface area contributed by atoms with Crippen LogP contribution in [-0.2, 0) is 4.74 Å². The van der Waals surface area contributed by atoms with Crippen molar-refractivity contribution < 1.29 is 14.8 Å². The van der Waals surface area contributed by atoms with Gasteiger partial charge in [0.15, 0.2) is 0 Å². The van der Waals surface area contributed by atoms with E-state index in [4.69, 9.17) is 4.74 Å². The molecule has 20 heavy (non-hydrogen) atoms. The van der Waals surface area contributed by atoms with Crippen molar-refractivity contribution in [2.75, 3.05) is 7.11 Å². The van der Waals surface area contributed by atoms with Crippen LogP contribution in [-0.4, -0.2) is 23.2 Å². The third-order valence-corrected chi connectivity index (χ3v) is 3.06. The topological polar surface area (TPSA) is 72.6 Å². The normalized spacial score (nSPS) is 14.2. The number of hydrogen-bond donors (Lipinski definition) is 1. The Morgan fingerprint density at radius 3 is 2.60 bits per heavy atom. The molecule has 0 heterocycles.